The highest BCUT2D eigenvalue weighted by Crippen LogP contribution is 2.38. The van der Waals surface area contributed by atoms with Crippen molar-refractivity contribution in [1.82, 2.24) is 10.3 Å². The van der Waals surface area contributed by atoms with E-state index in [1.165, 1.54) is 6.92 Å². The van der Waals surface area contributed by atoms with E-state index in [0.29, 0.717) is 6.54 Å². The molecule has 1 saturated heterocycles. The fourth-order valence-electron chi connectivity index (χ4n) is 2.38. The van der Waals surface area contributed by atoms with Crippen LogP contribution >= 0.6 is 0 Å². The van der Waals surface area contributed by atoms with Crippen LogP contribution in [0.2, 0.25) is 0 Å². The van der Waals surface area contributed by atoms with Crippen molar-refractivity contribution in [3.8, 4) is 0 Å². The molecule has 1 aromatic rings. The molecule has 0 saturated carbocycles. The maximum Gasteiger partial charge on any atom is 0.492 e. The summed E-state index contributed by atoms with van der Waals surface area (Å²) in [5, 5.41) is 2.83. The maximum atomic E-state index is 11.4. The van der Waals surface area contributed by atoms with Gasteiger partial charge in [0.1, 0.15) is 5.82 Å². The number of amides is 1. The lowest BCUT2D eigenvalue weighted by atomic mass is 9.77. The summed E-state index contributed by atoms with van der Waals surface area (Å²) in [6.07, 6.45) is 3.76. The second-order valence-electron chi connectivity index (χ2n) is 7.56. The number of pyridine rings is 1. The van der Waals surface area contributed by atoms with E-state index in [1.807, 2.05) is 64.9 Å². The van der Waals surface area contributed by atoms with Crippen LogP contribution in [0, 0.1) is 0 Å². The molecule has 1 aliphatic heterocycles. The second kappa shape index (κ2) is 7.18. The van der Waals surface area contributed by atoms with Gasteiger partial charge in [0.15, 0.2) is 0 Å². The van der Waals surface area contributed by atoms with E-state index in [1.54, 1.807) is 6.20 Å². The molecule has 6 nitrogen and oxygen atoms in total. The third kappa shape index (κ3) is 4.61. The van der Waals surface area contributed by atoms with Crippen molar-refractivity contribution in [3.05, 3.63) is 29.4 Å². The normalized spacial score (nSPS) is 19.0. The van der Waals surface area contributed by atoms with Gasteiger partial charge >= 0.3 is 7.12 Å². The molecule has 0 spiro atoms. The van der Waals surface area contributed by atoms with Crippen LogP contribution in [0.5, 0.6) is 0 Å². The summed E-state index contributed by atoms with van der Waals surface area (Å²) >= 11 is 0. The molecule has 0 unspecified atom stereocenters. The molecule has 0 aromatic carbocycles. The molecule has 1 amide bonds. The van der Waals surface area contributed by atoms with Gasteiger partial charge < -0.3 is 19.5 Å². The smallest absolute Gasteiger partial charge is 0.400 e. The molecular weight excluding hydrogens is 317 g/mol. The Labute approximate surface area is 150 Å². The number of hydrogen-bond acceptors (Lipinski definition) is 5. The van der Waals surface area contributed by atoms with Crippen LogP contribution in [0.4, 0.5) is 5.82 Å². The summed E-state index contributed by atoms with van der Waals surface area (Å²) in [6, 6.07) is 3.94. The molecule has 1 fully saturated rings. The quantitative estimate of drug-likeness (QED) is 0.830. The summed E-state index contributed by atoms with van der Waals surface area (Å²) in [6.45, 7) is 9.90. The number of rotatable bonds is 5. The minimum atomic E-state index is -0.509. The fourth-order valence-corrected chi connectivity index (χ4v) is 2.38. The van der Waals surface area contributed by atoms with Crippen molar-refractivity contribution in [2.75, 3.05) is 25.5 Å². The van der Waals surface area contributed by atoms with Crippen LogP contribution in [0.3, 0.4) is 0 Å². The SMILES string of the molecule is CC(=O)NCC(=Cc1ccc(N(C)C)nc1)B1OC(C)(C)C(C)(C)O1. The first kappa shape index (κ1) is 19.5. The molecule has 1 aliphatic rings. The van der Waals surface area contributed by atoms with Gasteiger partial charge in [-0.05, 0) is 50.9 Å². The number of hydrogen-bond donors (Lipinski definition) is 1. The molecular formula is C18H28BN3O3. The largest absolute Gasteiger partial charge is 0.492 e. The van der Waals surface area contributed by atoms with E-state index in [4.69, 9.17) is 9.31 Å². The van der Waals surface area contributed by atoms with Crippen molar-refractivity contribution in [3.63, 3.8) is 0 Å². The molecule has 2 heterocycles. The highest BCUT2D eigenvalue weighted by Gasteiger charge is 2.52. The molecule has 25 heavy (non-hydrogen) atoms. The van der Waals surface area contributed by atoms with Gasteiger partial charge in [-0.1, -0.05) is 6.08 Å². The molecule has 1 aromatic heterocycles. The van der Waals surface area contributed by atoms with Crippen molar-refractivity contribution < 1.29 is 14.1 Å². The third-order valence-electron chi connectivity index (χ3n) is 4.68. The third-order valence-corrected chi connectivity index (χ3v) is 4.68. The standard InChI is InChI=1S/C18H28BN3O3/c1-13(23)20-12-15(19-24-17(2,3)18(4,5)25-19)10-14-8-9-16(21-11-14)22(6)7/h8-11H,12H2,1-7H3,(H,20,23). The lowest BCUT2D eigenvalue weighted by Gasteiger charge is -2.32. The Morgan fingerprint density at radius 2 is 1.84 bits per heavy atom. The minimum Gasteiger partial charge on any atom is -0.400 e. The molecule has 1 N–H and O–H groups in total. The Balaban J connectivity index is 2.28. The monoisotopic (exact) mass is 345 g/mol. The van der Waals surface area contributed by atoms with Crippen molar-refractivity contribution >= 4 is 24.9 Å². The highest BCUT2D eigenvalue weighted by atomic mass is 16.7. The van der Waals surface area contributed by atoms with E-state index >= 15 is 0 Å². The highest BCUT2D eigenvalue weighted by molar-refractivity contribution is 6.56. The predicted octanol–water partition coefficient (Wildman–Crippen LogP) is 2.30. The van der Waals surface area contributed by atoms with Crippen molar-refractivity contribution in [2.24, 2.45) is 0 Å². The van der Waals surface area contributed by atoms with Crippen LogP contribution < -0.4 is 10.2 Å². The van der Waals surface area contributed by atoms with E-state index in [-0.39, 0.29) is 5.91 Å². The minimum absolute atomic E-state index is 0.0940. The molecule has 0 atom stereocenters. The molecule has 0 radical (unpaired) electrons. The zero-order valence-corrected chi connectivity index (χ0v) is 16.2. The summed E-state index contributed by atoms with van der Waals surface area (Å²) in [5.74, 6) is 0.791. The number of nitrogens with one attached hydrogen (secondary N) is 1. The van der Waals surface area contributed by atoms with Crippen LogP contribution in [0.1, 0.15) is 40.2 Å². The van der Waals surface area contributed by atoms with Crippen molar-refractivity contribution in [1.29, 1.82) is 0 Å². The number of anilines is 1. The van der Waals surface area contributed by atoms with Crippen molar-refractivity contribution in [2.45, 2.75) is 45.8 Å². The van der Waals surface area contributed by atoms with Gasteiger partial charge in [0.05, 0.1) is 11.2 Å². The lowest BCUT2D eigenvalue weighted by Crippen LogP contribution is -2.41. The summed E-state index contributed by atoms with van der Waals surface area (Å²) < 4.78 is 12.2. The lowest BCUT2D eigenvalue weighted by molar-refractivity contribution is -0.118. The van der Waals surface area contributed by atoms with Gasteiger partial charge in [-0.2, -0.15) is 0 Å². The summed E-state index contributed by atoms with van der Waals surface area (Å²) in [5.41, 5.74) is 0.925. The zero-order chi connectivity index (χ0) is 18.8. The van der Waals surface area contributed by atoms with Crippen LogP contribution in [0.25, 0.3) is 6.08 Å². The Morgan fingerprint density at radius 1 is 1.24 bits per heavy atom. The Hall–Kier alpha value is -1.86. The van der Waals surface area contributed by atoms with E-state index < -0.39 is 18.3 Å². The Kier molecular flexibility index (Phi) is 5.59. The van der Waals surface area contributed by atoms with E-state index in [2.05, 4.69) is 10.3 Å². The first-order valence-corrected chi connectivity index (χ1v) is 8.46. The Morgan fingerprint density at radius 3 is 2.28 bits per heavy atom. The maximum absolute atomic E-state index is 11.4. The number of carbonyl (C=O) groups is 1. The van der Waals surface area contributed by atoms with Gasteiger partial charge in [0.25, 0.3) is 0 Å². The number of nitrogens with zero attached hydrogens (tertiary/aromatic N) is 2. The first-order valence-electron chi connectivity index (χ1n) is 8.46. The molecule has 0 bridgehead atoms. The van der Waals surface area contributed by atoms with Crippen LogP contribution in [0.15, 0.2) is 23.8 Å². The van der Waals surface area contributed by atoms with Gasteiger partial charge in [-0.15, -0.1) is 0 Å². The van der Waals surface area contributed by atoms with Gasteiger partial charge in [-0.25, -0.2) is 4.98 Å². The number of aromatic nitrogens is 1. The zero-order valence-electron chi connectivity index (χ0n) is 16.2. The van der Waals surface area contributed by atoms with Gasteiger partial charge in [0.2, 0.25) is 5.91 Å². The second-order valence-corrected chi connectivity index (χ2v) is 7.56. The molecule has 2 rings (SSSR count). The summed E-state index contributed by atoms with van der Waals surface area (Å²) in [4.78, 5) is 17.7. The van der Waals surface area contributed by atoms with E-state index in [9.17, 15) is 4.79 Å². The fraction of sp³-hybridized carbons (Fsp3) is 0.556. The predicted molar refractivity (Wildman–Crippen MR) is 101 cm³/mol. The molecule has 0 aliphatic carbocycles. The molecule has 136 valence electrons. The number of carbonyl (C=O) groups excluding carboxylic acids is 1. The molecule has 7 heteroatoms. The van der Waals surface area contributed by atoms with Gasteiger partial charge in [0, 0.05) is 33.8 Å². The van der Waals surface area contributed by atoms with Crippen LogP contribution in [-0.4, -0.2) is 49.9 Å². The van der Waals surface area contributed by atoms with Gasteiger partial charge in [-0.3, -0.25) is 4.79 Å². The van der Waals surface area contributed by atoms with E-state index in [0.717, 1.165) is 16.9 Å². The summed E-state index contributed by atoms with van der Waals surface area (Å²) in [7, 11) is 3.39. The topological polar surface area (TPSA) is 63.7 Å². The first-order chi connectivity index (χ1) is 11.5. The Bertz CT molecular complexity index is 638. The average molecular weight is 345 g/mol. The average Bonchev–Trinajstić information content (AvgIpc) is 2.72. The van der Waals surface area contributed by atoms with Crippen LogP contribution in [-0.2, 0) is 14.1 Å².